The third-order valence-corrected chi connectivity index (χ3v) is 8.32. The van der Waals surface area contributed by atoms with Crippen LogP contribution >= 0.6 is 0 Å². The van der Waals surface area contributed by atoms with E-state index in [0.717, 1.165) is 5.57 Å². The van der Waals surface area contributed by atoms with Crippen molar-refractivity contribution in [2.45, 2.75) is 91.8 Å². The van der Waals surface area contributed by atoms with Gasteiger partial charge in [0, 0.05) is 5.92 Å². The van der Waals surface area contributed by atoms with Crippen LogP contribution in [0, 0.1) is 28.6 Å². The Kier molecular flexibility index (Phi) is 5.92. The maximum atomic E-state index is 14.1. The predicted molar refractivity (Wildman–Crippen MR) is 121 cm³/mol. The lowest BCUT2D eigenvalue weighted by molar-refractivity contribution is -0.167. The standard InChI is InChI=1S/C26H38O6/c1-14(2)8-10-23(5)20(28)18(19(27)15(3)4)21(29)26(22(23)30)12-17-16(25(7,32)13-26)9-11-24(17,6)31/h8,15-17,29,31-32H,9-13H2,1-7H3. The predicted octanol–water partition coefficient (Wildman–Crippen LogP) is 3.85. The molecule has 3 rings (SSSR count). The van der Waals surface area contributed by atoms with Crippen molar-refractivity contribution in [2.24, 2.45) is 28.6 Å². The van der Waals surface area contributed by atoms with E-state index < -0.39 is 57.0 Å². The molecule has 0 aliphatic heterocycles. The monoisotopic (exact) mass is 446 g/mol. The molecule has 0 radical (unpaired) electrons. The molecule has 6 unspecified atom stereocenters. The summed E-state index contributed by atoms with van der Waals surface area (Å²) in [5.74, 6) is -3.33. The minimum atomic E-state index is -1.59. The number of carbonyl (C=O) groups is 3. The maximum Gasteiger partial charge on any atom is 0.183 e. The molecule has 6 heteroatoms. The molecule has 1 spiro atoms. The van der Waals surface area contributed by atoms with Gasteiger partial charge < -0.3 is 15.3 Å². The summed E-state index contributed by atoms with van der Waals surface area (Å²) in [6.07, 6.45) is 3.05. The lowest BCUT2D eigenvalue weighted by Crippen LogP contribution is -2.61. The summed E-state index contributed by atoms with van der Waals surface area (Å²) in [6.45, 7) is 11.9. The van der Waals surface area contributed by atoms with Gasteiger partial charge in [0.05, 0.1) is 22.0 Å². The van der Waals surface area contributed by atoms with Gasteiger partial charge in [0.2, 0.25) is 0 Å². The minimum absolute atomic E-state index is 0.0749. The van der Waals surface area contributed by atoms with Gasteiger partial charge in [0.25, 0.3) is 0 Å². The highest BCUT2D eigenvalue weighted by atomic mass is 16.3. The van der Waals surface area contributed by atoms with Crippen LogP contribution in [0.15, 0.2) is 23.0 Å². The maximum absolute atomic E-state index is 14.1. The van der Waals surface area contributed by atoms with Crippen LogP contribution in [0.3, 0.4) is 0 Å². The number of fused-ring (bicyclic) bond motifs is 1. The van der Waals surface area contributed by atoms with Crippen molar-refractivity contribution in [3.63, 3.8) is 0 Å². The lowest BCUT2D eigenvalue weighted by atomic mass is 9.49. The molecule has 0 heterocycles. The summed E-state index contributed by atoms with van der Waals surface area (Å²) in [6, 6.07) is 0. The van der Waals surface area contributed by atoms with E-state index >= 15 is 0 Å². The van der Waals surface area contributed by atoms with Crippen LogP contribution in [0.5, 0.6) is 0 Å². The molecular weight excluding hydrogens is 408 g/mol. The van der Waals surface area contributed by atoms with Crippen molar-refractivity contribution in [1.82, 2.24) is 0 Å². The Morgan fingerprint density at radius 1 is 1.09 bits per heavy atom. The van der Waals surface area contributed by atoms with Crippen molar-refractivity contribution >= 4 is 17.3 Å². The highest BCUT2D eigenvalue weighted by Gasteiger charge is 2.68. The van der Waals surface area contributed by atoms with Gasteiger partial charge >= 0.3 is 0 Å². The number of hydrogen-bond donors (Lipinski definition) is 3. The zero-order chi connectivity index (χ0) is 24.4. The second-order valence-electron chi connectivity index (χ2n) is 11.6. The number of Topliss-reactive ketones (excluding diaryl/α,β-unsaturated/α-hetero) is 3. The first-order chi connectivity index (χ1) is 14.5. The van der Waals surface area contributed by atoms with Gasteiger partial charge in [0.1, 0.15) is 11.3 Å². The molecule has 0 saturated heterocycles. The third kappa shape index (κ3) is 3.50. The van der Waals surface area contributed by atoms with E-state index in [1.807, 2.05) is 13.8 Å². The molecule has 6 nitrogen and oxygen atoms in total. The van der Waals surface area contributed by atoms with E-state index in [1.165, 1.54) is 0 Å². The van der Waals surface area contributed by atoms with Crippen LogP contribution in [0.4, 0.5) is 0 Å². The van der Waals surface area contributed by atoms with Gasteiger partial charge in [-0.3, -0.25) is 14.4 Å². The van der Waals surface area contributed by atoms with Crippen LogP contribution in [0.1, 0.15) is 80.6 Å². The third-order valence-electron chi connectivity index (χ3n) is 8.32. The molecular formula is C26H38O6. The Morgan fingerprint density at radius 3 is 2.22 bits per heavy atom. The molecule has 3 aliphatic carbocycles. The van der Waals surface area contributed by atoms with Crippen molar-refractivity contribution < 1.29 is 29.7 Å². The summed E-state index contributed by atoms with van der Waals surface area (Å²) in [5, 5.41) is 34.0. The molecule has 0 aromatic rings. The minimum Gasteiger partial charge on any atom is -0.510 e. The first-order valence-corrected chi connectivity index (χ1v) is 11.7. The van der Waals surface area contributed by atoms with Gasteiger partial charge in [-0.2, -0.15) is 0 Å². The van der Waals surface area contributed by atoms with Crippen molar-refractivity contribution in [3.8, 4) is 0 Å². The van der Waals surface area contributed by atoms with E-state index in [-0.39, 0.29) is 30.8 Å². The largest absolute Gasteiger partial charge is 0.510 e. The summed E-state index contributed by atoms with van der Waals surface area (Å²) in [7, 11) is 0. The Morgan fingerprint density at radius 2 is 1.69 bits per heavy atom. The molecule has 2 saturated carbocycles. The Balaban J connectivity index is 2.29. The van der Waals surface area contributed by atoms with Gasteiger partial charge in [-0.1, -0.05) is 25.5 Å². The van der Waals surface area contributed by atoms with E-state index in [9.17, 15) is 29.7 Å². The second-order valence-corrected chi connectivity index (χ2v) is 11.6. The van der Waals surface area contributed by atoms with E-state index in [0.29, 0.717) is 12.8 Å². The number of allylic oxidation sites excluding steroid dienone is 4. The Hall–Kier alpha value is -1.79. The highest BCUT2D eigenvalue weighted by molar-refractivity contribution is 6.31. The van der Waals surface area contributed by atoms with Gasteiger partial charge in [-0.05, 0) is 78.6 Å². The van der Waals surface area contributed by atoms with Crippen LogP contribution in [-0.4, -0.2) is 43.9 Å². The molecule has 32 heavy (non-hydrogen) atoms. The van der Waals surface area contributed by atoms with Crippen LogP contribution in [0.25, 0.3) is 0 Å². The molecule has 0 bridgehead atoms. The summed E-state index contributed by atoms with van der Waals surface area (Å²) in [5.41, 5.74) is -4.94. The fraction of sp³-hybridized carbons (Fsp3) is 0.731. The van der Waals surface area contributed by atoms with E-state index in [1.54, 1.807) is 40.7 Å². The van der Waals surface area contributed by atoms with Gasteiger partial charge in [-0.25, -0.2) is 0 Å². The SMILES string of the molecule is CC(C)=CCC1(C)C(=O)C(C(=O)C(C)C)=C(O)C2(CC3C(CCC3(C)O)C(C)(O)C2)C1=O. The fourth-order valence-electron chi connectivity index (χ4n) is 6.39. The number of aliphatic hydroxyl groups excluding tert-OH is 1. The molecule has 3 aliphatic rings. The average molecular weight is 447 g/mol. The Bertz CT molecular complexity index is 917. The smallest absolute Gasteiger partial charge is 0.183 e. The normalized spacial score (nSPS) is 41.9. The summed E-state index contributed by atoms with van der Waals surface area (Å²) in [4.78, 5) is 40.8. The van der Waals surface area contributed by atoms with Crippen molar-refractivity contribution in [1.29, 1.82) is 0 Å². The second kappa shape index (κ2) is 7.63. The number of aliphatic hydroxyl groups is 3. The van der Waals surface area contributed by atoms with E-state index in [4.69, 9.17) is 0 Å². The van der Waals surface area contributed by atoms with Crippen LogP contribution < -0.4 is 0 Å². The quantitative estimate of drug-likeness (QED) is 0.344. The number of ketones is 3. The molecule has 0 aromatic heterocycles. The zero-order valence-electron chi connectivity index (χ0n) is 20.4. The Labute approximate surface area is 190 Å². The number of carbonyl (C=O) groups excluding carboxylic acids is 3. The fourth-order valence-corrected chi connectivity index (χ4v) is 6.39. The van der Waals surface area contributed by atoms with E-state index in [2.05, 4.69) is 0 Å². The zero-order valence-corrected chi connectivity index (χ0v) is 20.4. The molecule has 2 fully saturated rings. The molecule has 6 atom stereocenters. The van der Waals surface area contributed by atoms with Crippen molar-refractivity contribution in [2.75, 3.05) is 0 Å². The summed E-state index contributed by atoms with van der Waals surface area (Å²) < 4.78 is 0. The molecule has 0 aromatic carbocycles. The van der Waals surface area contributed by atoms with Gasteiger partial charge in [0.15, 0.2) is 17.3 Å². The lowest BCUT2D eigenvalue weighted by Gasteiger charge is -2.54. The number of rotatable bonds is 4. The molecule has 0 amide bonds. The highest BCUT2D eigenvalue weighted by Crippen LogP contribution is 2.62. The molecule has 3 N–H and O–H groups in total. The number of hydrogen-bond acceptors (Lipinski definition) is 6. The average Bonchev–Trinajstić information content (AvgIpc) is 2.99. The van der Waals surface area contributed by atoms with Gasteiger partial charge in [-0.15, -0.1) is 0 Å². The van der Waals surface area contributed by atoms with Crippen molar-refractivity contribution in [3.05, 3.63) is 23.0 Å². The van der Waals surface area contributed by atoms with Crippen LogP contribution in [-0.2, 0) is 14.4 Å². The first kappa shape index (κ1) is 24.8. The molecule has 178 valence electrons. The topological polar surface area (TPSA) is 112 Å². The van der Waals surface area contributed by atoms with Crippen LogP contribution in [0.2, 0.25) is 0 Å². The first-order valence-electron chi connectivity index (χ1n) is 11.7. The summed E-state index contributed by atoms with van der Waals surface area (Å²) >= 11 is 0.